The second-order valence-electron chi connectivity index (χ2n) is 19.9. The molecule has 0 spiro atoms. The van der Waals surface area contributed by atoms with Gasteiger partial charge in [0.05, 0.1) is 6.61 Å². The van der Waals surface area contributed by atoms with Crippen LogP contribution in [0.1, 0.15) is 226 Å². The van der Waals surface area contributed by atoms with Crippen molar-refractivity contribution in [1.82, 2.24) is 0 Å². The minimum Gasteiger partial charge on any atom is -0.479 e. The summed E-state index contributed by atoms with van der Waals surface area (Å²) in [4.78, 5) is 51.1. The van der Waals surface area contributed by atoms with E-state index in [1.807, 2.05) is 12.2 Å². The number of aliphatic hydroxyl groups is 2. The second kappa shape index (κ2) is 52.1. The van der Waals surface area contributed by atoms with Gasteiger partial charge in [0.2, 0.25) is 0 Å². The van der Waals surface area contributed by atoms with Crippen LogP contribution in [0.4, 0.5) is 0 Å². The Morgan fingerprint density at radius 3 is 1.35 bits per heavy atom. The van der Waals surface area contributed by atoms with E-state index in [1.165, 1.54) is 32.1 Å². The zero-order valence-corrected chi connectivity index (χ0v) is 47.9. The first-order chi connectivity index (χ1) is 37.6. The van der Waals surface area contributed by atoms with Crippen LogP contribution < -0.4 is 0 Å². The maximum Gasteiger partial charge on any atom is 0.335 e. The van der Waals surface area contributed by atoms with Crippen molar-refractivity contribution in [1.29, 1.82) is 0 Å². The largest absolute Gasteiger partial charge is 0.479 e. The molecule has 1 fully saturated rings. The van der Waals surface area contributed by atoms with Gasteiger partial charge in [-0.2, -0.15) is 0 Å². The van der Waals surface area contributed by atoms with Crippen molar-refractivity contribution >= 4 is 23.9 Å². The molecule has 0 aromatic rings. The van der Waals surface area contributed by atoms with Gasteiger partial charge in [-0.15, -0.1) is 0 Å². The molecule has 12 nitrogen and oxygen atoms in total. The highest BCUT2D eigenvalue weighted by Crippen LogP contribution is 2.26. The van der Waals surface area contributed by atoms with Crippen molar-refractivity contribution in [2.75, 3.05) is 13.2 Å². The van der Waals surface area contributed by atoms with Gasteiger partial charge >= 0.3 is 23.9 Å². The van der Waals surface area contributed by atoms with Crippen LogP contribution in [0, 0.1) is 0 Å². The molecule has 1 saturated heterocycles. The zero-order chi connectivity index (χ0) is 56.1. The van der Waals surface area contributed by atoms with Gasteiger partial charge in [0, 0.05) is 19.3 Å². The predicted octanol–water partition coefficient (Wildman–Crippen LogP) is 15.4. The molecule has 3 N–H and O–H groups in total. The Bertz CT molecular complexity index is 1750. The first-order valence-electron chi connectivity index (χ1n) is 29.9. The van der Waals surface area contributed by atoms with E-state index >= 15 is 0 Å². The van der Waals surface area contributed by atoms with Gasteiger partial charge in [-0.25, -0.2) is 4.79 Å². The number of hydrogen-bond acceptors (Lipinski definition) is 11. The summed E-state index contributed by atoms with van der Waals surface area (Å²) in [6.07, 6.45) is 57.9. The predicted molar refractivity (Wildman–Crippen MR) is 312 cm³/mol. The van der Waals surface area contributed by atoms with E-state index < -0.39 is 67.3 Å². The van der Waals surface area contributed by atoms with Crippen molar-refractivity contribution in [3.8, 4) is 0 Å². The lowest BCUT2D eigenvalue weighted by molar-refractivity contribution is -0.301. The molecule has 12 heteroatoms. The fourth-order valence-electron chi connectivity index (χ4n) is 8.23. The monoisotopic (exact) mass is 1080 g/mol. The number of carboxylic acid groups (broad SMARTS) is 1. The van der Waals surface area contributed by atoms with E-state index in [1.54, 1.807) is 0 Å². The fraction of sp³-hybridized carbons (Fsp3) is 0.662. The van der Waals surface area contributed by atoms with E-state index in [2.05, 4.69) is 118 Å². The molecule has 436 valence electrons. The molecule has 0 aromatic carbocycles. The molecule has 77 heavy (non-hydrogen) atoms. The highest BCUT2D eigenvalue weighted by Gasteiger charge is 2.50. The average molecular weight is 1080 g/mol. The van der Waals surface area contributed by atoms with Gasteiger partial charge < -0.3 is 39.0 Å². The number of carbonyl (C=O) groups excluding carboxylic acids is 3. The third-order valence-corrected chi connectivity index (χ3v) is 12.8. The maximum absolute atomic E-state index is 13.2. The third-order valence-electron chi connectivity index (χ3n) is 12.8. The molecular weight excluding hydrogens is 973 g/mol. The van der Waals surface area contributed by atoms with Gasteiger partial charge in [0.1, 0.15) is 18.8 Å². The highest BCUT2D eigenvalue weighted by molar-refractivity contribution is 5.74. The average Bonchev–Trinajstić information content (AvgIpc) is 3.42. The van der Waals surface area contributed by atoms with Crippen LogP contribution in [0.25, 0.3) is 0 Å². The van der Waals surface area contributed by atoms with E-state index in [0.717, 1.165) is 135 Å². The minimum atomic E-state index is -1.92. The Labute approximate surface area is 465 Å². The Morgan fingerprint density at radius 1 is 0.442 bits per heavy atom. The molecule has 0 aliphatic carbocycles. The lowest BCUT2D eigenvalue weighted by Gasteiger charge is -2.40. The van der Waals surface area contributed by atoms with E-state index in [9.17, 15) is 34.5 Å². The van der Waals surface area contributed by atoms with Crippen molar-refractivity contribution in [2.24, 2.45) is 0 Å². The molecule has 1 rings (SSSR count). The third kappa shape index (κ3) is 42.1. The van der Waals surface area contributed by atoms with Crippen LogP contribution in [0.2, 0.25) is 0 Å². The van der Waals surface area contributed by atoms with Gasteiger partial charge in [-0.3, -0.25) is 14.4 Å². The van der Waals surface area contributed by atoms with Gasteiger partial charge in [0.25, 0.3) is 0 Å². The van der Waals surface area contributed by atoms with Crippen LogP contribution in [0.15, 0.2) is 109 Å². The number of hydrogen-bond donors (Lipinski definition) is 3. The van der Waals surface area contributed by atoms with Crippen LogP contribution >= 0.6 is 0 Å². The SMILES string of the molecule is CC/C=C\C/C=C\C/C=C\C/C=C\C/C=C\C/C=C\CCC(=O)OCC(COC1OC(C(=O)O)C(O)C(O)C1OC(=O)CCCCCCC/C=C\CCCC)OC(=O)CCCCCCCCC/C=C\C/C=C\CCCCC. The van der Waals surface area contributed by atoms with Crippen molar-refractivity contribution in [3.63, 3.8) is 0 Å². The lowest BCUT2D eigenvalue weighted by atomic mass is 9.98. The molecule has 0 amide bonds. The van der Waals surface area contributed by atoms with Crippen molar-refractivity contribution in [3.05, 3.63) is 109 Å². The molecule has 1 aliphatic heterocycles. The van der Waals surface area contributed by atoms with Gasteiger partial charge in [0.15, 0.2) is 24.6 Å². The van der Waals surface area contributed by atoms with Crippen LogP contribution in [0.3, 0.4) is 0 Å². The number of unbranched alkanes of at least 4 members (excludes halogenated alkanes) is 17. The first-order valence-corrected chi connectivity index (χ1v) is 29.9. The van der Waals surface area contributed by atoms with E-state index in [0.29, 0.717) is 19.3 Å². The molecule has 0 aromatic heterocycles. The number of ether oxygens (including phenoxy) is 5. The molecule has 6 unspecified atom stereocenters. The minimum absolute atomic E-state index is 0.0369. The molecule has 1 aliphatic rings. The molecule has 0 saturated carbocycles. The number of carboxylic acids is 1. The summed E-state index contributed by atoms with van der Waals surface area (Å²) in [5.74, 6) is -3.26. The zero-order valence-electron chi connectivity index (χ0n) is 47.9. The first kappa shape index (κ1) is 70.4. The molecule has 0 bridgehead atoms. The Balaban J connectivity index is 2.74. The standard InChI is InChI=1S/C65H104O12/c1-4-7-10-13-16-19-22-24-26-28-29-31-32-34-37-39-42-45-48-51-57(66)73-54-56(75-58(67)52-49-46-43-41-38-35-33-30-27-25-23-20-17-14-11-8-5-2)55-74-65-63(61(70)60(69)62(77-65)64(71)72)76-59(68)53-50-47-44-40-36-21-18-15-12-9-6-3/h7,10,15-20,24-27,29,31,34,37,42,45,56,60-63,65,69-70H,4-6,8-9,11-14,21-23,28,30,32-33,35-36,38-41,43-44,46-55H2,1-3H3,(H,71,72)/b10-7-,18-15-,19-16-,20-17-,26-24-,27-25-,31-29-,37-34-,45-42-. The van der Waals surface area contributed by atoms with Gasteiger partial charge in [-0.05, 0) is 109 Å². The summed E-state index contributed by atoms with van der Waals surface area (Å²) < 4.78 is 28.3. The number of aliphatic carboxylic acids is 1. The summed E-state index contributed by atoms with van der Waals surface area (Å²) in [6.45, 7) is 5.72. The van der Waals surface area contributed by atoms with Crippen LogP contribution in [0.5, 0.6) is 0 Å². The summed E-state index contributed by atoms with van der Waals surface area (Å²) in [6, 6.07) is 0. The number of allylic oxidation sites excluding steroid dienone is 18. The Hall–Kier alpha value is -4.62. The van der Waals surface area contributed by atoms with E-state index in [4.69, 9.17) is 23.7 Å². The quantitative estimate of drug-likeness (QED) is 0.0228. The number of rotatable bonds is 49. The van der Waals surface area contributed by atoms with Gasteiger partial charge in [-0.1, -0.05) is 207 Å². The van der Waals surface area contributed by atoms with Crippen LogP contribution in [-0.4, -0.2) is 89.2 Å². The molecule has 1 heterocycles. The maximum atomic E-state index is 13.2. The summed E-state index contributed by atoms with van der Waals surface area (Å²) in [5, 5.41) is 31.4. The number of esters is 3. The molecular formula is C65H104O12. The van der Waals surface area contributed by atoms with Crippen molar-refractivity contribution in [2.45, 2.75) is 263 Å². The summed E-state index contributed by atoms with van der Waals surface area (Å²) in [7, 11) is 0. The molecule has 6 atom stereocenters. The topological polar surface area (TPSA) is 175 Å². The normalized spacial score (nSPS) is 18.8. The van der Waals surface area contributed by atoms with E-state index in [-0.39, 0.29) is 25.9 Å². The Kier molecular flexibility index (Phi) is 47.6. The smallest absolute Gasteiger partial charge is 0.335 e. The number of aliphatic hydroxyl groups excluding tert-OH is 2. The van der Waals surface area contributed by atoms with Crippen molar-refractivity contribution < 1.29 is 58.2 Å². The highest BCUT2D eigenvalue weighted by atomic mass is 16.7. The number of carbonyl (C=O) groups is 4. The second-order valence-corrected chi connectivity index (χ2v) is 19.9. The Morgan fingerprint density at radius 2 is 0.857 bits per heavy atom. The van der Waals surface area contributed by atoms with Crippen LogP contribution in [-0.2, 0) is 42.9 Å². The molecule has 0 radical (unpaired) electrons. The summed E-state index contributed by atoms with van der Waals surface area (Å²) >= 11 is 0. The lowest BCUT2D eigenvalue weighted by Crippen LogP contribution is -2.61. The fourth-order valence-corrected chi connectivity index (χ4v) is 8.23. The summed E-state index contributed by atoms with van der Waals surface area (Å²) in [5.41, 5.74) is 0.